The molecule has 1 atom stereocenters. The van der Waals surface area contributed by atoms with E-state index in [0.29, 0.717) is 43.5 Å². The van der Waals surface area contributed by atoms with Crippen molar-refractivity contribution in [3.63, 3.8) is 0 Å². The lowest BCUT2D eigenvalue weighted by atomic mass is 10.0. The predicted molar refractivity (Wildman–Crippen MR) is 80.4 cm³/mol. The van der Waals surface area contributed by atoms with E-state index in [4.69, 9.17) is 29.8 Å². The van der Waals surface area contributed by atoms with E-state index in [9.17, 15) is 4.79 Å². The van der Waals surface area contributed by atoms with E-state index < -0.39 is 12.0 Å². The number of rotatable bonds is 11. The van der Waals surface area contributed by atoms with Gasteiger partial charge in [0.25, 0.3) is 0 Å². The topological polar surface area (TPSA) is 100 Å². The fourth-order valence-corrected chi connectivity index (χ4v) is 1.79. The molecule has 0 saturated carbocycles. The summed E-state index contributed by atoms with van der Waals surface area (Å²) in [7, 11) is 3.13. The van der Waals surface area contributed by atoms with Crippen molar-refractivity contribution < 1.29 is 28.8 Å². The number of ether oxygens (including phenoxy) is 4. The van der Waals surface area contributed by atoms with E-state index >= 15 is 0 Å². The first kappa shape index (κ1) is 18.2. The molecule has 0 saturated heterocycles. The van der Waals surface area contributed by atoms with Crippen molar-refractivity contribution in [2.75, 3.05) is 40.6 Å². The van der Waals surface area contributed by atoms with Gasteiger partial charge in [0, 0.05) is 13.2 Å². The minimum atomic E-state index is -0.944. The summed E-state index contributed by atoms with van der Waals surface area (Å²) in [5.74, 6) is 0.124. The van der Waals surface area contributed by atoms with Crippen LogP contribution in [-0.2, 0) is 14.3 Å². The number of carboxylic acid groups (broad SMARTS) is 1. The van der Waals surface area contributed by atoms with E-state index in [1.54, 1.807) is 25.3 Å². The lowest BCUT2D eigenvalue weighted by Gasteiger charge is -2.15. The first-order valence-corrected chi connectivity index (χ1v) is 6.93. The fraction of sp³-hybridized carbons (Fsp3) is 0.533. The van der Waals surface area contributed by atoms with Crippen LogP contribution in [0.25, 0.3) is 0 Å². The molecule has 0 spiro atoms. The number of aliphatic carboxylic acids is 1. The second-order valence-corrected chi connectivity index (χ2v) is 4.57. The Kier molecular flexibility index (Phi) is 8.27. The van der Waals surface area contributed by atoms with Gasteiger partial charge in [-0.2, -0.15) is 0 Å². The Hall–Kier alpha value is -1.83. The molecule has 3 N–H and O–H groups in total. The summed E-state index contributed by atoms with van der Waals surface area (Å²) >= 11 is 0. The summed E-state index contributed by atoms with van der Waals surface area (Å²) in [6.45, 7) is 1.87. The van der Waals surface area contributed by atoms with Gasteiger partial charge in [0.2, 0.25) is 0 Å². The van der Waals surface area contributed by atoms with Gasteiger partial charge in [-0.3, -0.25) is 4.79 Å². The van der Waals surface area contributed by atoms with Gasteiger partial charge in [-0.25, -0.2) is 0 Å². The van der Waals surface area contributed by atoms with Crippen LogP contribution < -0.4 is 15.2 Å². The molecule has 0 aliphatic rings. The second kappa shape index (κ2) is 9.99. The monoisotopic (exact) mass is 313 g/mol. The highest BCUT2D eigenvalue weighted by Gasteiger charge is 2.13. The average Bonchev–Trinajstić information content (AvgIpc) is 2.50. The van der Waals surface area contributed by atoms with Crippen molar-refractivity contribution in [1.82, 2.24) is 0 Å². The summed E-state index contributed by atoms with van der Waals surface area (Å²) in [6.07, 6.45) is -0.142. The molecule has 0 aromatic heterocycles. The minimum absolute atomic E-state index is 0.142. The maximum Gasteiger partial charge on any atom is 0.305 e. The Morgan fingerprint density at radius 2 is 1.91 bits per heavy atom. The van der Waals surface area contributed by atoms with Crippen LogP contribution >= 0.6 is 0 Å². The Morgan fingerprint density at radius 1 is 1.18 bits per heavy atom. The summed E-state index contributed by atoms with van der Waals surface area (Å²) in [5.41, 5.74) is 6.51. The van der Waals surface area contributed by atoms with Gasteiger partial charge < -0.3 is 29.8 Å². The molecule has 0 fully saturated rings. The molecule has 124 valence electrons. The second-order valence-electron chi connectivity index (χ2n) is 4.57. The lowest BCUT2D eigenvalue weighted by Crippen LogP contribution is -2.15. The molecule has 1 aromatic rings. The number of methoxy groups -OCH3 is 2. The van der Waals surface area contributed by atoms with Crippen LogP contribution in [0.4, 0.5) is 0 Å². The molecule has 0 amide bonds. The first-order chi connectivity index (χ1) is 10.6. The number of hydrogen-bond donors (Lipinski definition) is 2. The van der Waals surface area contributed by atoms with Crippen molar-refractivity contribution in [2.45, 2.75) is 12.5 Å². The zero-order chi connectivity index (χ0) is 16.4. The van der Waals surface area contributed by atoms with Crippen molar-refractivity contribution in [3.05, 3.63) is 23.8 Å². The van der Waals surface area contributed by atoms with Crippen LogP contribution in [-0.4, -0.2) is 51.7 Å². The third-order valence-corrected chi connectivity index (χ3v) is 2.93. The summed E-state index contributed by atoms with van der Waals surface area (Å²) in [6, 6.07) is 4.55. The fourth-order valence-electron chi connectivity index (χ4n) is 1.79. The van der Waals surface area contributed by atoms with E-state index in [1.165, 1.54) is 7.11 Å². The number of hydrogen-bond acceptors (Lipinski definition) is 6. The quantitative estimate of drug-likeness (QED) is 0.592. The van der Waals surface area contributed by atoms with E-state index in [-0.39, 0.29) is 6.42 Å². The molecule has 0 aliphatic heterocycles. The Morgan fingerprint density at radius 3 is 2.55 bits per heavy atom. The molecule has 1 rings (SSSR count). The number of carboxylic acids is 1. The third kappa shape index (κ3) is 6.30. The molecule has 7 heteroatoms. The first-order valence-electron chi connectivity index (χ1n) is 6.93. The highest BCUT2D eigenvalue weighted by molar-refractivity contribution is 5.68. The largest absolute Gasteiger partial charge is 0.493 e. The number of nitrogens with two attached hydrogens (primary N) is 1. The zero-order valence-electron chi connectivity index (χ0n) is 12.9. The predicted octanol–water partition coefficient (Wildman–Crippen LogP) is 1.21. The highest BCUT2D eigenvalue weighted by Crippen LogP contribution is 2.30. The van der Waals surface area contributed by atoms with E-state index in [0.717, 1.165) is 0 Å². The molecular formula is C15H23NO6. The maximum absolute atomic E-state index is 10.7. The van der Waals surface area contributed by atoms with Gasteiger partial charge in [0.1, 0.15) is 6.61 Å². The summed E-state index contributed by atoms with van der Waals surface area (Å²) in [4.78, 5) is 10.7. The van der Waals surface area contributed by atoms with E-state index in [1.807, 2.05) is 0 Å². The van der Waals surface area contributed by atoms with Gasteiger partial charge >= 0.3 is 5.97 Å². The molecule has 0 heterocycles. The minimum Gasteiger partial charge on any atom is -0.493 e. The lowest BCUT2D eigenvalue weighted by molar-refractivity contribution is -0.137. The van der Waals surface area contributed by atoms with Crippen LogP contribution in [0.2, 0.25) is 0 Å². The van der Waals surface area contributed by atoms with Crippen LogP contribution in [0.15, 0.2) is 18.2 Å². The van der Waals surface area contributed by atoms with Gasteiger partial charge in [0.15, 0.2) is 11.5 Å². The summed E-state index contributed by atoms with van der Waals surface area (Å²) in [5, 5.41) is 8.77. The van der Waals surface area contributed by atoms with Crippen molar-refractivity contribution in [1.29, 1.82) is 0 Å². The smallest absolute Gasteiger partial charge is 0.305 e. The molecule has 1 unspecified atom stereocenters. The molecular weight excluding hydrogens is 290 g/mol. The van der Waals surface area contributed by atoms with Gasteiger partial charge in [-0.05, 0) is 17.7 Å². The molecule has 7 nitrogen and oxygen atoms in total. The molecule has 1 aromatic carbocycles. The summed E-state index contributed by atoms with van der Waals surface area (Å²) < 4.78 is 21.0. The zero-order valence-corrected chi connectivity index (χ0v) is 12.9. The maximum atomic E-state index is 10.7. The average molecular weight is 313 g/mol. The SMILES string of the molecule is COCCOCCOc1ccc(C(N)CC(=O)O)cc1OC. The third-order valence-electron chi connectivity index (χ3n) is 2.93. The molecule has 0 aliphatic carbocycles. The standard InChI is InChI=1S/C15H23NO6/c1-19-5-6-21-7-8-22-13-4-3-11(9-14(13)20-2)12(16)10-15(17)18/h3-4,9,12H,5-8,10,16H2,1-2H3,(H,17,18). The van der Waals surface area contributed by atoms with Gasteiger partial charge in [-0.1, -0.05) is 6.07 Å². The van der Waals surface area contributed by atoms with Gasteiger partial charge in [0.05, 0.1) is 33.4 Å². The number of benzene rings is 1. The Balaban J connectivity index is 2.55. The van der Waals surface area contributed by atoms with Crippen molar-refractivity contribution in [3.8, 4) is 11.5 Å². The number of carbonyl (C=O) groups is 1. The molecule has 22 heavy (non-hydrogen) atoms. The van der Waals surface area contributed by atoms with Crippen LogP contribution in [0.5, 0.6) is 11.5 Å². The van der Waals surface area contributed by atoms with Crippen molar-refractivity contribution >= 4 is 5.97 Å². The Bertz CT molecular complexity index is 465. The van der Waals surface area contributed by atoms with Crippen LogP contribution in [0, 0.1) is 0 Å². The normalized spacial score (nSPS) is 12.0. The van der Waals surface area contributed by atoms with Crippen LogP contribution in [0.1, 0.15) is 18.0 Å². The molecule has 0 radical (unpaired) electrons. The van der Waals surface area contributed by atoms with E-state index in [2.05, 4.69) is 0 Å². The Labute approximate surface area is 129 Å². The van der Waals surface area contributed by atoms with Gasteiger partial charge in [-0.15, -0.1) is 0 Å². The highest BCUT2D eigenvalue weighted by atomic mass is 16.5. The van der Waals surface area contributed by atoms with Crippen LogP contribution in [0.3, 0.4) is 0 Å². The molecule has 0 bridgehead atoms. The van der Waals surface area contributed by atoms with Crippen molar-refractivity contribution in [2.24, 2.45) is 5.73 Å².